The number of nitrogens with two attached hydrogens (primary N) is 4. The summed E-state index contributed by atoms with van der Waals surface area (Å²) in [5, 5.41) is 17.6. The van der Waals surface area contributed by atoms with Crippen molar-refractivity contribution < 1.29 is 75.0 Å². The summed E-state index contributed by atoms with van der Waals surface area (Å²) in [6.07, 6.45) is 4.69. The van der Waals surface area contributed by atoms with Crippen LogP contribution in [0.3, 0.4) is 0 Å². The van der Waals surface area contributed by atoms with Crippen LogP contribution < -0.4 is 37.4 Å². The summed E-state index contributed by atoms with van der Waals surface area (Å²) < 4.78 is 152. The standard InChI is InChI=1S/C16H15N3O4S.C13H15N3O4S.C13H13NO6S2.C10H11N3O3S2/c1-24(21,22)14-9-11(19-16(20)10-15(17)18-19)7-8-13(14)23-12-5-3-2-4-6-12;1-3-20-13(17)11-8-15-16(12(11)14)9-4-6-10(7-5-9)21(2,18)19;1-8-2-4-10(12(6-8)21(15,16)17)11-5-3-9(14)7-13(11)22(18,19)20;1-18(14,15)8-4-2-7(3-5-8)16-6-9-12-13-10(11)17-9/h2-9H,10H2,1H3,(H2,17,18);4-8H,3,14H2,1-2H3;2-7H,14H2,1H3,(H,15,16,17)(H,18,19,20);2-5H,6H2,1H3,(H2,11,13). The fourth-order valence-electron chi connectivity index (χ4n) is 7.33. The number of hydrogen-bond acceptors (Lipinski definition) is 24. The third-order valence-electron chi connectivity index (χ3n) is 11.2. The Balaban J connectivity index is 0.000000182. The summed E-state index contributed by atoms with van der Waals surface area (Å²) in [5.74, 6) is 0.714. The maximum Gasteiger partial charge on any atom is 0.343 e. The number of anilines is 4. The Morgan fingerprint density at radius 1 is 0.647 bits per heavy atom. The van der Waals surface area contributed by atoms with E-state index in [1.807, 2.05) is 6.07 Å². The number of benzene rings is 6. The number of nitrogen functional groups attached to an aromatic ring is 3. The van der Waals surface area contributed by atoms with Gasteiger partial charge in [0, 0.05) is 35.6 Å². The molecule has 33 heteroatoms. The predicted molar refractivity (Wildman–Crippen MR) is 316 cm³/mol. The van der Waals surface area contributed by atoms with Gasteiger partial charge in [0.1, 0.15) is 55.8 Å². The molecule has 0 radical (unpaired) electrons. The highest BCUT2D eigenvalue weighted by Gasteiger charge is 2.27. The van der Waals surface area contributed by atoms with Crippen molar-refractivity contribution in [2.75, 3.05) is 47.6 Å². The van der Waals surface area contributed by atoms with E-state index < -0.39 is 65.5 Å². The smallest absolute Gasteiger partial charge is 0.343 e. The van der Waals surface area contributed by atoms with Gasteiger partial charge in [-0.05, 0) is 116 Å². The monoisotopic (exact) mass is 1280 g/mol. The van der Waals surface area contributed by atoms with Crippen molar-refractivity contribution in [2.24, 2.45) is 10.8 Å². The molecule has 2 aromatic heterocycles. The second kappa shape index (κ2) is 26.8. The van der Waals surface area contributed by atoms with Crippen LogP contribution in [-0.2, 0) is 65.9 Å². The maximum atomic E-state index is 12.1. The lowest BCUT2D eigenvalue weighted by molar-refractivity contribution is -0.116. The molecule has 0 unspecified atom stereocenters. The first-order valence-electron chi connectivity index (χ1n) is 24.1. The molecule has 0 spiro atoms. The Morgan fingerprint density at radius 2 is 1.21 bits per heavy atom. The molecule has 27 nitrogen and oxygen atoms in total. The molecule has 1 amide bonds. The van der Waals surface area contributed by atoms with E-state index in [1.54, 1.807) is 74.5 Å². The van der Waals surface area contributed by atoms with Crippen LogP contribution in [0.2, 0.25) is 0 Å². The van der Waals surface area contributed by atoms with Gasteiger partial charge in [0.25, 0.3) is 26.1 Å². The summed E-state index contributed by atoms with van der Waals surface area (Å²) in [4.78, 5) is 23.0. The van der Waals surface area contributed by atoms with E-state index in [0.29, 0.717) is 38.6 Å². The minimum atomic E-state index is -4.63. The number of hydrazone groups is 1. The minimum Gasteiger partial charge on any atom is -0.486 e. The maximum absolute atomic E-state index is 12.1. The second-order valence-electron chi connectivity index (χ2n) is 17.9. The number of esters is 1. The van der Waals surface area contributed by atoms with Gasteiger partial charge in [-0.1, -0.05) is 47.7 Å². The quantitative estimate of drug-likeness (QED) is 0.0403. The van der Waals surface area contributed by atoms with Gasteiger partial charge in [0.2, 0.25) is 5.13 Å². The van der Waals surface area contributed by atoms with Crippen LogP contribution in [0.25, 0.3) is 16.8 Å². The molecule has 3 heterocycles. The highest BCUT2D eigenvalue weighted by molar-refractivity contribution is 7.91. The predicted octanol–water partition coefficient (Wildman–Crippen LogP) is 5.77. The van der Waals surface area contributed by atoms with Crippen molar-refractivity contribution in [1.29, 1.82) is 0 Å². The van der Waals surface area contributed by atoms with Gasteiger partial charge in [0.05, 0.1) is 40.4 Å². The van der Waals surface area contributed by atoms with Gasteiger partial charge in [0.15, 0.2) is 34.5 Å². The van der Waals surface area contributed by atoms with E-state index in [2.05, 4.69) is 20.4 Å². The zero-order chi connectivity index (χ0) is 62.8. The Labute approximate surface area is 492 Å². The molecule has 85 heavy (non-hydrogen) atoms. The van der Waals surface area contributed by atoms with Crippen molar-refractivity contribution in [3.8, 4) is 34.1 Å². The number of aryl methyl sites for hydroxylation is 1. The minimum absolute atomic E-state index is 0.0104. The lowest BCUT2D eigenvalue weighted by Gasteiger charge is -2.15. The normalized spacial score (nSPS) is 12.5. The van der Waals surface area contributed by atoms with Gasteiger partial charge < -0.3 is 37.1 Å². The molecule has 0 fully saturated rings. The number of rotatable bonds is 15. The molecule has 1 aliphatic rings. The Morgan fingerprint density at radius 3 is 1.73 bits per heavy atom. The summed E-state index contributed by atoms with van der Waals surface area (Å²) in [6.45, 7) is 3.81. The Kier molecular flexibility index (Phi) is 20.6. The number of amidine groups is 1. The molecule has 450 valence electrons. The van der Waals surface area contributed by atoms with Crippen molar-refractivity contribution in [3.05, 3.63) is 156 Å². The van der Waals surface area contributed by atoms with Gasteiger partial charge in [-0.25, -0.2) is 34.7 Å². The zero-order valence-electron chi connectivity index (χ0n) is 45.4. The number of nitrogens with zero attached hydrogens (tertiary/aromatic N) is 6. The van der Waals surface area contributed by atoms with Gasteiger partial charge in [-0.15, -0.1) is 10.2 Å². The van der Waals surface area contributed by atoms with Crippen molar-refractivity contribution in [3.63, 3.8) is 0 Å². The van der Waals surface area contributed by atoms with Crippen molar-refractivity contribution in [2.45, 2.75) is 51.4 Å². The summed E-state index contributed by atoms with van der Waals surface area (Å²) >= 11 is 1.25. The Hall–Kier alpha value is -8.83. The van der Waals surface area contributed by atoms with Gasteiger partial charge in [-0.2, -0.15) is 32.0 Å². The molecular weight excluding hydrogens is 1230 g/mol. The molecule has 8 aromatic rings. The zero-order valence-corrected chi connectivity index (χ0v) is 50.3. The average molecular weight is 1280 g/mol. The SMILES string of the molecule is CCOC(=O)c1cnn(-c2ccc(S(C)(=O)=O)cc2)c1N.CS(=O)(=O)c1cc(N2N=C(N)CC2=O)ccc1Oc1ccccc1.CS(=O)(=O)c1ccc(OCc2nnc(N)s2)cc1.Cc1ccc(-c2ccc(N)cc2S(=O)(=O)O)c(S(=O)(=O)O)c1. The summed E-state index contributed by atoms with van der Waals surface area (Å²) in [7, 11) is -19.2. The molecule has 10 N–H and O–H groups in total. The van der Waals surface area contributed by atoms with E-state index in [9.17, 15) is 60.8 Å². The number of hydrogen-bond donors (Lipinski definition) is 6. The van der Waals surface area contributed by atoms with E-state index in [0.717, 1.165) is 29.8 Å². The Bertz CT molecular complexity index is 4310. The third-order valence-corrected chi connectivity index (χ3v) is 17.1. The van der Waals surface area contributed by atoms with E-state index >= 15 is 0 Å². The first-order valence-corrected chi connectivity index (χ1v) is 33.5. The average Bonchev–Trinajstić information content (AvgIpc) is 3.85. The molecule has 0 atom stereocenters. The van der Waals surface area contributed by atoms with Crippen LogP contribution in [-0.4, -0.2) is 114 Å². The van der Waals surface area contributed by atoms with E-state index in [-0.39, 0.29) is 80.0 Å². The molecular formula is C52H54N10O17S6. The van der Waals surface area contributed by atoms with Crippen LogP contribution in [0.1, 0.15) is 34.3 Å². The fourth-order valence-corrected chi connectivity index (χ4v) is 11.5. The summed E-state index contributed by atoms with van der Waals surface area (Å²) in [5.41, 5.74) is 23.9. The van der Waals surface area contributed by atoms with Crippen LogP contribution in [0.15, 0.2) is 169 Å². The number of aromatic nitrogens is 4. The largest absolute Gasteiger partial charge is 0.486 e. The lowest BCUT2D eigenvalue weighted by atomic mass is 10.0. The number of amides is 1. The fraction of sp³-hybridized carbons (Fsp3) is 0.154. The lowest BCUT2D eigenvalue weighted by Crippen LogP contribution is -2.20. The van der Waals surface area contributed by atoms with Crippen LogP contribution >= 0.6 is 11.3 Å². The number of carbonyl (C=O) groups excluding carboxylic acids is 2. The summed E-state index contributed by atoms with van der Waals surface area (Å²) in [6, 6.07) is 33.2. The number of para-hydroxylation sites is 1. The number of ether oxygens (including phenoxy) is 3. The van der Waals surface area contributed by atoms with Crippen LogP contribution in [0.5, 0.6) is 17.2 Å². The molecule has 0 bridgehead atoms. The third kappa shape index (κ3) is 17.8. The molecule has 1 aliphatic heterocycles. The molecule has 6 aromatic carbocycles. The first kappa shape index (κ1) is 65.3. The van der Waals surface area contributed by atoms with Gasteiger partial charge >= 0.3 is 5.97 Å². The van der Waals surface area contributed by atoms with Crippen molar-refractivity contribution >= 4 is 101 Å². The van der Waals surface area contributed by atoms with Crippen LogP contribution in [0.4, 0.5) is 22.3 Å². The van der Waals surface area contributed by atoms with E-state index in [4.69, 9.17) is 37.1 Å². The molecule has 0 saturated heterocycles. The number of sulfone groups is 3. The second-order valence-corrected chi connectivity index (χ2v) is 27.8. The van der Waals surface area contributed by atoms with Gasteiger partial charge in [-0.3, -0.25) is 13.9 Å². The highest BCUT2D eigenvalue weighted by Crippen LogP contribution is 2.36. The highest BCUT2D eigenvalue weighted by atomic mass is 32.2. The molecule has 0 aliphatic carbocycles. The van der Waals surface area contributed by atoms with Crippen molar-refractivity contribution in [1.82, 2.24) is 20.0 Å². The number of carbonyl (C=O) groups is 2. The van der Waals surface area contributed by atoms with Crippen LogP contribution in [0, 0.1) is 6.92 Å². The first-order chi connectivity index (χ1) is 39.6. The van der Waals surface area contributed by atoms with E-state index in [1.165, 1.54) is 82.9 Å². The molecule has 0 saturated carbocycles. The topological polar surface area (TPSA) is 436 Å². The molecule has 9 rings (SSSR count).